The van der Waals surface area contributed by atoms with E-state index in [9.17, 15) is 4.79 Å². The van der Waals surface area contributed by atoms with Crippen molar-refractivity contribution >= 4 is 6.29 Å². The lowest BCUT2D eigenvalue weighted by molar-refractivity contribution is 0.101. The number of benzene rings is 1. The van der Waals surface area contributed by atoms with Gasteiger partial charge in [-0.3, -0.25) is 4.79 Å². The molecule has 1 aliphatic rings. The van der Waals surface area contributed by atoms with Gasteiger partial charge in [0.2, 0.25) is 0 Å². The van der Waals surface area contributed by atoms with Gasteiger partial charge in [-0.1, -0.05) is 12.1 Å². The van der Waals surface area contributed by atoms with Crippen LogP contribution in [0.3, 0.4) is 0 Å². The van der Waals surface area contributed by atoms with E-state index in [0.717, 1.165) is 29.0 Å². The van der Waals surface area contributed by atoms with E-state index in [4.69, 9.17) is 4.74 Å². The fraction of sp³-hybridized carbons (Fsp3) is 0.231. The minimum Gasteiger partial charge on any atom is -0.481 e. The fourth-order valence-corrected chi connectivity index (χ4v) is 2.16. The molecule has 0 aliphatic carbocycles. The summed E-state index contributed by atoms with van der Waals surface area (Å²) in [7, 11) is 0. The molecule has 1 aromatic carbocycles. The van der Waals surface area contributed by atoms with Crippen LogP contribution in [0, 0.1) is 0 Å². The van der Waals surface area contributed by atoms with Gasteiger partial charge >= 0.3 is 0 Å². The van der Waals surface area contributed by atoms with E-state index in [1.165, 1.54) is 0 Å². The normalized spacial score (nSPS) is 15.6. The summed E-state index contributed by atoms with van der Waals surface area (Å²) in [6, 6.07) is 7.71. The Balaban J connectivity index is 2.31. The van der Waals surface area contributed by atoms with Crippen molar-refractivity contribution in [2.45, 2.75) is 19.4 Å². The Morgan fingerprint density at radius 3 is 2.88 bits per heavy atom. The molecule has 0 bridgehead atoms. The first-order valence-electron chi connectivity index (χ1n) is 5.46. The van der Waals surface area contributed by atoms with Crippen molar-refractivity contribution in [3.05, 3.63) is 35.8 Å². The van der Waals surface area contributed by atoms with E-state index in [1.54, 1.807) is 0 Å². The molecule has 0 saturated heterocycles. The minimum absolute atomic E-state index is 0.336. The van der Waals surface area contributed by atoms with E-state index in [-0.39, 0.29) is 0 Å². The van der Waals surface area contributed by atoms with Crippen molar-refractivity contribution in [3.63, 3.8) is 0 Å². The lowest BCUT2D eigenvalue weighted by atomic mass is 9.95. The van der Waals surface area contributed by atoms with Crippen LogP contribution in [0.15, 0.2) is 24.3 Å². The van der Waals surface area contributed by atoms with E-state index in [2.05, 4.69) is 9.97 Å². The Labute approximate surface area is 98.6 Å². The number of carbonyl (C=O) groups excluding carboxylic acids is 1. The number of nitrogens with zero attached hydrogens (tertiary/aromatic N) is 1. The van der Waals surface area contributed by atoms with Gasteiger partial charge in [-0.15, -0.1) is 0 Å². The molecule has 2 aromatic rings. The minimum atomic E-state index is -0.502. The number of para-hydroxylation sites is 1. The van der Waals surface area contributed by atoms with Crippen molar-refractivity contribution < 1.29 is 9.53 Å². The predicted octanol–water partition coefficient (Wildman–Crippen LogP) is 2.52. The summed E-state index contributed by atoms with van der Waals surface area (Å²) >= 11 is 0. The van der Waals surface area contributed by atoms with Gasteiger partial charge in [0.25, 0.3) is 0 Å². The van der Waals surface area contributed by atoms with Crippen molar-refractivity contribution in [1.29, 1.82) is 0 Å². The second-order valence-corrected chi connectivity index (χ2v) is 4.57. The molecule has 1 N–H and O–H groups in total. The van der Waals surface area contributed by atoms with Crippen LogP contribution in [0.5, 0.6) is 5.75 Å². The number of rotatable bonds is 1. The first-order valence-corrected chi connectivity index (χ1v) is 5.46. The summed E-state index contributed by atoms with van der Waals surface area (Å²) in [4.78, 5) is 18.1. The van der Waals surface area contributed by atoms with Gasteiger partial charge in [0, 0.05) is 5.56 Å². The summed E-state index contributed by atoms with van der Waals surface area (Å²) in [5, 5.41) is 0. The number of aldehydes is 1. The third-order valence-corrected chi connectivity index (χ3v) is 2.94. The first kappa shape index (κ1) is 10.1. The maximum absolute atomic E-state index is 10.8. The highest BCUT2D eigenvalue weighted by Crippen LogP contribution is 2.43. The topological polar surface area (TPSA) is 55.0 Å². The summed E-state index contributed by atoms with van der Waals surface area (Å²) < 4.78 is 5.92. The van der Waals surface area contributed by atoms with Crippen LogP contribution in [0.1, 0.15) is 30.2 Å². The van der Waals surface area contributed by atoms with Crippen molar-refractivity contribution in [3.8, 4) is 17.0 Å². The second kappa shape index (κ2) is 3.20. The van der Waals surface area contributed by atoms with Crippen LogP contribution in [0.2, 0.25) is 0 Å². The highest BCUT2D eigenvalue weighted by Gasteiger charge is 2.35. The lowest BCUT2D eigenvalue weighted by Crippen LogP contribution is -2.29. The largest absolute Gasteiger partial charge is 0.481 e. The van der Waals surface area contributed by atoms with E-state index < -0.39 is 5.60 Å². The van der Waals surface area contributed by atoms with Crippen LogP contribution in [0.25, 0.3) is 11.3 Å². The number of aromatic nitrogens is 2. The number of hydrogen-bond acceptors (Lipinski definition) is 3. The van der Waals surface area contributed by atoms with Gasteiger partial charge in [0.05, 0.1) is 11.4 Å². The predicted molar refractivity (Wildman–Crippen MR) is 63.1 cm³/mol. The fourth-order valence-electron chi connectivity index (χ4n) is 2.16. The summed E-state index contributed by atoms with van der Waals surface area (Å²) in [6.07, 6.45) is 0.719. The second-order valence-electron chi connectivity index (χ2n) is 4.57. The molecular weight excluding hydrogens is 216 g/mol. The number of hydrogen-bond donors (Lipinski definition) is 1. The molecule has 86 valence electrons. The number of aromatic amines is 1. The number of nitrogens with one attached hydrogen (secondary N) is 1. The monoisotopic (exact) mass is 228 g/mol. The number of H-pyrrole nitrogens is 1. The molecule has 3 rings (SSSR count). The lowest BCUT2D eigenvalue weighted by Gasteiger charge is -2.31. The third kappa shape index (κ3) is 1.37. The summed E-state index contributed by atoms with van der Waals surface area (Å²) in [5.41, 5.74) is 2.07. The number of fused-ring (bicyclic) bond motifs is 3. The molecule has 0 unspecified atom stereocenters. The molecule has 0 spiro atoms. The summed E-state index contributed by atoms with van der Waals surface area (Å²) in [6.45, 7) is 3.91. The maximum Gasteiger partial charge on any atom is 0.185 e. The third-order valence-electron chi connectivity index (χ3n) is 2.94. The van der Waals surface area contributed by atoms with Gasteiger partial charge in [-0.25, -0.2) is 4.98 Å². The molecule has 4 nitrogen and oxygen atoms in total. The SMILES string of the molecule is CC1(C)Oc2ccccc2-c2nc(C=O)[nH]c21. The van der Waals surface area contributed by atoms with E-state index in [0.29, 0.717) is 5.82 Å². The smallest absolute Gasteiger partial charge is 0.185 e. The van der Waals surface area contributed by atoms with Crippen LogP contribution in [-0.4, -0.2) is 16.3 Å². The van der Waals surface area contributed by atoms with E-state index in [1.807, 2.05) is 38.1 Å². The Morgan fingerprint density at radius 1 is 1.35 bits per heavy atom. The maximum atomic E-state index is 10.8. The quantitative estimate of drug-likeness (QED) is 0.763. The number of ether oxygens (including phenoxy) is 1. The molecule has 4 heteroatoms. The van der Waals surface area contributed by atoms with E-state index >= 15 is 0 Å². The molecule has 2 heterocycles. The van der Waals surface area contributed by atoms with Gasteiger partial charge in [0.1, 0.15) is 11.4 Å². The van der Waals surface area contributed by atoms with Gasteiger partial charge in [0.15, 0.2) is 12.1 Å². The molecule has 0 amide bonds. The molecule has 0 saturated carbocycles. The Hall–Kier alpha value is -2.10. The van der Waals surface area contributed by atoms with Gasteiger partial charge < -0.3 is 9.72 Å². The molecule has 1 aliphatic heterocycles. The van der Waals surface area contributed by atoms with Crippen LogP contribution in [-0.2, 0) is 5.60 Å². The van der Waals surface area contributed by atoms with Crippen molar-refractivity contribution in [2.75, 3.05) is 0 Å². The molecule has 0 atom stereocenters. The summed E-state index contributed by atoms with van der Waals surface area (Å²) in [5.74, 6) is 1.14. The van der Waals surface area contributed by atoms with Crippen LogP contribution >= 0.6 is 0 Å². The molecule has 0 fully saturated rings. The highest BCUT2D eigenvalue weighted by atomic mass is 16.5. The highest BCUT2D eigenvalue weighted by molar-refractivity contribution is 5.77. The standard InChI is InChI=1S/C13H12N2O2/c1-13(2)12-11(14-10(7-16)15-12)8-5-3-4-6-9(8)17-13/h3-7H,1-2H3,(H,14,15). The van der Waals surface area contributed by atoms with Crippen molar-refractivity contribution in [1.82, 2.24) is 9.97 Å². The number of carbonyl (C=O) groups is 1. The van der Waals surface area contributed by atoms with Crippen molar-refractivity contribution in [2.24, 2.45) is 0 Å². The average Bonchev–Trinajstić information content (AvgIpc) is 2.74. The Bertz CT molecular complexity index is 599. The average molecular weight is 228 g/mol. The first-order chi connectivity index (χ1) is 8.12. The van der Waals surface area contributed by atoms with Crippen LogP contribution < -0.4 is 4.74 Å². The Kier molecular flexibility index (Phi) is 1.90. The zero-order valence-corrected chi connectivity index (χ0v) is 9.65. The molecule has 17 heavy (non-hydrogen) atoms. The zero-order valence-electron chi connectivity index (χ0n) is 9.65. The van der Waals surface area contributed by atoms with Gasteiger partial charge in [-0.2, -0.15) is 0 Å². The molecular formula is C13H12N2O2. The Morgan fingerprint density at radius 2 is 2.12 bits per heavy atom. The van der Waals surface area contributed by atoms with Crippen LogP contribution in [0.4, 0.5) is 0 Å². The zero-order chi connectivity index (χ0) is 12.0. The molecule has 0 radical (unpaired) electrons. The number of imidazole rings is 1. The molecule has 1 aromatic heterocycles. The van der Waals surface area contributed by atoms with Gasteiger partial charge in [-0.05, 0) is 26.0 Å².